The van der Waals surface area contributed by atoms with Gasteiger partial charge in [-0.05, 0) is 66.5 Å². The lowest BCUT2D eigenvalue weighted by atomic mass is 9.89. The zero-order valence-corrected chi connectivity index (χ0v) is 18.2. The van der Waals surface area contributed by atoms with Crippen molar-refractivity contribution in [3.8, 4) is 5.75 Å². The van der Waals surface area contributed by atoms with Crippen LogP contribution in [0.4, 0.5) is 13.2 Å². The van der Waals surface area contributed by atoms with E-state index in [0.717, 1.165) is 60.7 Å². The lowest BCUT2D eigenvalue weighted by Crippen LogP contribution is -2.38. The zero-order chi connectivity index (χ0) is 23.4. The smallest absolute Gasteiger partial charge is 0.406 e. The minimum Gasteiger partial charge on any atom is -0.406 e. The van der Waals surface area contributed by atoms with Crippen LogP contribution in [0, 0.1) is 11.8 Å². The van der Waals surface area contributed by atoms with Crippen molar-refractivity contribution >= 4 is 17.1 Å². The molecule has 0 radical (unpaired) electrons. The Labute approximate surface area is 193 Å². The summed E-state index contributed by atoms with van der Waals surface area (Å²) < 4.78 is 46.4. The molecule has 2 unspecified atom stereocenters. The maximum Gasteiger partial charge on any atom is 0.573 e. The Kier molecular flexibility index (Phi) is 5.02. The molecule has 34 heavy (non-hydrogen) atoms. The van der Waals surface area contributed by atoms with Crippen molar-refractivity contribution in [2.75, 3.05) is 26.3 Å². The highest BCUT2D eigenvalue weighted by Crippen LogP contribution is 2.56. The number of H-pyrrole nitrogens is 1. The van der Waals surface area contributed by atoms with Crippen molar-refractivity contribution in [1.82, 2.24) is 19.9 Å². The number of alkyl halides is 3. The van der Waals surface area contributed by atoms with Gasteiger partial charge < -0.3 is 19.4 Å². The first-order chi connectivity index (χ1) is 16.4. The number of carbonyl (C=O) groups excluding carboxylic acids is 1. The molecule has 0 spiro atoms. The van der Waals surface area contributed by atoms with Gasteiger partial charge in [0, 0.05) is 30.8 Å². The van der Waals surface area contributed by atoms with E-state index < -0.39 is 6.36 Å². The summed E-state index contributed by atoms with van der Waals surface area (Å²) in [7, 11) is 0. The fraction of sp³-hybridized carbons (Fsp3) is 0.458. The van der Waals surface area contributed by atoms with Crippen LogP contribution in [0.25, 0.3) is 11.2 Å². The van der Waals surface area contributed by atoms with E-state index in [9.17, 15) is 18.0 Å². The Balaban J connectivity index is 1.12. The van der Waals surface area contributed by atoms with E-state index in [1.807, 2.05) is 6.07 Å². The van der Waals surface area contributed by atoms with E-state index in [2.05, 4.69) is 14.7 Å². The molecule has 7 nitrogen and oxygen atoms in total. The number of amides is 1. The van der Waals surface area contributed by atoms with Crippen LogP contribution in [0.15, 0.2) is 36.5 Å². The Morgan fingerprint density at radius 3 is 2.47 bits per heavy atom. The van der Waals surface area contributed by atoms with Crippen LogP contribution in [0.3, 0.4) is 0 Å². The molecule has 2 aliphatic heterocycles. The van der Waals surface area contributed by atoms with E-state index in [0.29, 0.717) is 36.4 Å². The number of fused-ring (bicyclic) bond motifs is 2. The number of imidazole rings is 1. The summed E-state index contributed by atoms with van der Waals surface area (Å²) in [6, 6.07) is 7.08. The quantitative estimate of drug-likeness (QED) is 0.615. The van der Waals surface area contributed by atoms with Crippen molar-refractivity contribution < 1.29 is 27.4 Å². The molecule has 10 heteroatoms. The van der Waals surface area contributed by atoms with Gasteiger partial charge in [0.2, 0.25) is 0 Å². The Morgan fingerprint density at radius 1 is 1.09 bits per heavy atom. The molecule has 178 valence electrons. The van der Waals surface area contributed by atoms with Crippen LogP contribution in [-0.2, 0) is 4.74 Å². The third-order valence-electron chi connectivity index (χ3n) is 7.26. The maximum absolute atomic E-state index is 12.9. The lowest BCUT2D eigenvalue weighted by Gasteiger charge is -2.32. The molecule has 2 aromatic heterocycles. The predicted molar refractivity (Wildman–Crippen MR) is 115 cm³/mol. The van der Waals surface area contributed by atoms with Gasteiger partial charge in [0.15, 0.2) is 5.65 Å². The topological polar surface area (TPSA) is 80.3 Å². The summed E-state index contributed by atoms with van der Waals surface area (Å²) in [5.41, 5.74) is 3.21. The molecule has 0 bridgehead atoms. The lowest BCUT2D eigenvalue weighted by molar-refractivity contribution is -0.274. The summed E-state index contributed by atoms with van der Waals surface area (Å²) in [5.74, 6) is 2.28. The van der Waals surface area contributed by atoms with Crippen LogP contribution in [-0.4, -0.2) is 58.4 Å². The first-order valence-corrected chi connectivity index (χ1v) is 11.4. The van der Waals surface area contributed by atoms with E-state index >= 15 is 0 Å². The molecule has 6 rings (SSSR count). The van der Waals surface area contributed by atoms with Gasteiger partial charge in [-0.25, -0.2) is 9.97 Å². The normalized spacial score (nSPS) is 24.9. The second-order valence-electron chi connectivity index (χ2n) is 9.25. The van der Waals surface area contributed by atoms with Crippen molar-refractivity contribution in [3.63, 3.8) is 0 Å². The highest BCUT2D eigenvalue weighted by molar-refractivity contribution is 5.94. The Morgan fingerprint density at radius 2 is 1.79 bits per heavy atom. The fourth-order valence-corrected chi connectivity index (χ4v) is 5.46. The third kappa shape index (κ3) is 3.89. The molecule has 1 saturated carbocycles. The molecule has 2 saturated heterocycles. The van der Waals surface area contributed by atoms with Crippen LogP contribution < -0.4 is 4.74 Å². The Hall–Kier alpha value is -3.14. The minimum absolute atomic E-state index is 0.193. The number of nitrogens with one attached hydrogen (secondary N) is 1. The molecule has 1 aliphatic carbocycles. The van der Waals surface area contributed by atoms with Crippen LogP contribution >= 0.6 is 0 Å². The molecule has 3 aliphatic rings. The van der Waals surface area contributed by atoms with Gasteiger partial charge >= 0.3 is 6.36 Å². The van der Waals surface area contributed by atoms with Crippen molar-refractivity contribution in [2.24, 2.45) is 11.8 Å². The number of aromatic nitrogens is 3. The highest BCUT2D eigenvalue weighted by atomic mass is 19.4. The minimum atomic E-state index is -4.76. The number of benzene rings is 1. The summed E-state index contributed by atoms with van der Waals surface area (Å²) >= 11 is 0. The highest BCUT2D eigenvalue weighted by Gasteiger charge is 2.56. The van der Waals surface area contributed by atoms with Gasteiger partial charge in [0.05, 0.1) is 13.2 Å². The number of likely N-dealkylation sites (tertiary alicyclic amines) is 1. The number of hydrogen-bond donors (Lipinski definition) is 1. The number of aromatic amines is 1. The van der Waals surface area contributed by atoms with Gasteiger partial charge in [0.25, 0.3) is 5.91 Å². The number of hydrogen-bond acceptors (Lipinski definition) is 5. The number of pyridine rings is 1. The largest absolute Gasteiger partial charge is 0.573 e. The van der Waals surface area contributed by atoms with Gasteiger partial charge in [-0.1, -0.05) is 0 Å². The number of ether oxygens (including phenoxy) is 2. The number of piperidine rings is 1. The standard InChI is InChI=1S/C24H23F3N4O3/c25-24(26,27)34-15-3-1-14(2-4-15)23(32)31-9-6-13(7-10-31)16-5-8-28-22-20(16)29-21(30-22)19-17-11-33-12-18(17)19/h1-5,8,13,17-19H,6-7,9-12H2,(H,28,29,30). The molecule has 1 N–H and O–H groups in total. The van der Waals surface area contributed by atoms with Crippen LogP contribution in [0.1, 0.15) is 46.4 Å². The molecule has 3 aromatic rings. The molecule has 4 heterocycles. The van der Waals surface area contributed by atoms with Crippen molar-refractivity contribution in [2.45, 2.75) is 31.0 Å². The molecule has 2 atom stereocenters. The van der Waals surface area contributed by atoms with Crippen molar-refractivity contribution in [3.05, 3.63) is 53.5 Å². The SMILES string of the molecule is O=C(c1ccc(OC(F)(F)F)cc1)N1CCC(c2ccnc3[nH]c(C4C5COCC54)nc23)CC1. The van der Waals surface area contributed by atoms with Crippen LogP contribution in [0.2, 0.25) is 0 Å². The molecular weight excluding hydrogens is 449 g/mol. The number of nitrogens with zero attached hydrogens (tertiary/aromatic N) is 3. The van der Waals surface area contributed by atoms with Gasteiger partial charge in [-0.2, -0.15) is 0 Å². The fourth-order valence-electron chi connectivity index (χ4n) is 5.46. The summed E-state index contributed by atoms with van der Waals surface area (Å²) in [6.07, 6.45) is -1.39. The van der Waals surface area contributed by atoms with Crippen LogP contribution in [0.5, 0.6) is 5.75 Å². The molecule has 3 fully saturated rings. The van der Waals surface area contributed by atoms with E-state index in [1.165, 1.54) is 12.1 Å². The monoisotopic (exact) mass is 472 g/mol. The maximum atomic E-state index is 12.9. The van der Waals surface area contributed by atoms with Gasteiger partial charge in [-0.3, -0.25) is 4.79 Å². The van der Waals surface area contributed by atoms with Gasteiger partial charge in [-0.15, -0.1) is 13.2 Å². The number of halogens is 3. The molecular formula is C24H23F3N4O3. The van der Waals surface area contributed by atoms with E-state index in [1.54, 1.807) is 11.1 Å². The van der Waals surface area contributed by atoms with Crippen molar-refractivity contribution in [1.29, 1.82) is 0 Å². The third-order valence-corrected chi connectivity index (χ3v) is 7.26. The van der Waals surface area contributed by atoms with E-state index in [-0.39, 0.29) is 17.6 Å². The average molecular weight is 472 g/mol. The second kappa shape index (κ2) is 7.97. The summed E-state index contributed by atoms with van der Waals surface area (Å²) in [6.45, 7) is 2.74. The first kappa shape index (κ1) is 21.4. The van der Waals surface area contributed by atoms with E-state index in [4.69, 9.17) is 9.72 Å². The first-order valence-electron chi connectivity index (χ1n) is 11.4. The number of rotatable bonds is 4. The average Bonchev–Trinajstić information content (AvgIpc) is 3.15. The summed E-state index contributed by atoms with van der Waals surface area (Å²) in [4.78, 5) is 27.4. The summed E-state index contributed by atoms with van der Waals surface area (Å²) in [5, 5.41) is 0. The molecule has 1 amide bonds. The van der Waals surface area contributed by atoms with Gasteiger partial charge in [0.1, 0.15) is 17.1 Å². The predicted octanol–water partition coefficient (Wildman–Crippen LogP) is 4.24. The molecule has 1 aromatic carbocycles. The second-order valence-corrected chi connectivity index (χ2v) is 9.25. The number of carbonyl (C=O) groups is 1. The Bertz CT molecular complexity index is 1210. The zero-order valence-electron chi connectivity index (χ0n) is 18.2.